The van der Waals surface area contributed by atoms with Crippen molar-refractivity contribution in [1.29, 1.82) is 0 Å². The fourth-order valence-corrected chi connectivity index (χ4v) is 1.48. The first-order valence-electron chi connectivity index (χ1n) is 4.85. The zero-order valence-electron chi connectivity index (χ0n) is 9.56. The fraction of sp³-hybridized carbons (Fsp3) is 0.364. The Labute approximate surface area is 94.1 Å². The van der Waals surface area contributed by atoms with Crippen LogP contribution in [0.5, 0.6) is 5.75 Å². The molecule has 16 heavy (non-hydrogen) atoms. The van der Waals surface area contributed by atoms with Crippen LogP contribution < -0.4 is 10.6 Å². The summed E-state index contributed by atoms with van der Waals surface area (Å²) in [7, 11) is 0. The molecule has 0 fully saturated rings. The van der Waals surface area contributed by atoms with Crippen molar-refractivity contribution in [2.45, 2.75) is 26.3 Å². The summed E-state index contributed by atoms with van der Waals surface area (Å²) < 4.78 is 0. The van der Waals surface area contributed by atoms with Crippen molar-refractivity contribution in [3.8, 4) is 5.75 Å². The number of carbonyl (C=O) groups is 1. The Morgan fingerprint density at radius 1 is 1.38 bits per heavy atom. The summed E-state index contributed by atoms with van der Waals surface area (Å²) >= 11 is 0. The molecular formula is C11H16N2O3. The number of phenols is 1. The maximum Gasteiger partial charge on any atom is 0.412 e. The molecule has 0 aromatic heterocycles. The molecule has 88 valence electrons. The number of hydrogen-bond acceptors (Lipinski definition) is 3. The van der Waals surface area contributed by atoms with Gasteiger partial charge in [0, 0.05) is 5.54 Å². The van der Waals surface area contributed by atoms with Crippen LogP contribution in [0.1, 0.15) is 20.8 Å². The first-order chi connectivity index (χ1) is 7.25. The number of nitrogen functional groups attached to an aromatic ring is 1. The van der Waals surface area contributed by atoms with Crippen molar-refractivity contribution in [3.05, 3.63) is 18.2 Å². The predicted octanol–water partition coefficient (Wildman–Crippen LogP) is 2.26. The van der Waals surface area contributed by atoms with Crippen molar-refractivity contribution in [1.82, 2.24) is 0 Å². The van der Waals surface area contributed by atoms with Crippen LogP contribution >= 0.6 is 0 Å². The van der Waals surface area contributed by atoms with Gasteiger partial charge in [-0.1, -0.05) is 6.07 Å². The lowest BCUT2D eigenvalue weighted by Gasteiger charge is -2.33. The van der Waals surface area contributed by atoms with E-state index in [1.807, 2.05) is 0 Å². The van der Waals surface area contributed by atoms with Gasteiger partial charge in [-0.15, -0.1) is 0 Å². The molecule has 0 bridgehead atoms. The molecule has 0 aliphatic heterocycles. The molecule has 5 nitrogen and oxygen atoms in total. The van der Waals surface area contributed by atoms with Crippen molar-refractivity contribution in [2.24, 2.45) is 0 Å². The highest BCUT2D eigenvalue weighted by Gasteiger charge is 2.30. The van der Waals surface area contributed by atoms with E-state index in [1.54, 1.807) is 26.8 Å². The second-order valence-electron chi connectivity index (χ2n) is 4.50. The zero-order valence-corrected chi connectivity index (χ0v) is 9.56. The third-order valence-corrected chi connectivity index (χ3v) is 2.15. The lowest BCUT2D eigenvalue weighted by Crippen LogP contribution is -2.45. The molecule has 1 aromatic rings. The number of nitrogens with two attached hydrogens (primary N) is 1. The largest absolute Gasteiger partial charge is 0.504 e. The van der Waals surface area contributed by atoms with Gasteiger partial charge < -0.3 is 15.9 Å². The van der Waals surface area contributed by atoms with Gasteiger partial charge in [0.15, 0.2) is 5.75 Å². The smallest absolute Gasteiger partial charge is 0.412 e. The van der Waals surface area contributed by atoms with Gasteiger partial charge in [-0.05, 0) is 32.9 Å². The number of hydrogen-bond donors (Lipinski definition) is 3. The van der Waals surface area contributed by atoms with Crippen LogP contribution in [0.25, 0.3) is 0 Å². The average molecular weight is 224 g/mol. The fourth-order valence-electron chi connectivity index (χ4n) is 1.48. The zero-order chi connectivity index (χ0) is 12.5. The van der Waals surface area contributed by atoms with Crippen LogP contribution in [-0.2, 0) is 0 Å². The lowest BCUT2D eigenvalue weighted by atomic mass is 10.0. The molecule has 0 atom stereocenters. The van der Waals surface area contributed by atoms with Gasteiger partial charge in [-0.25, -0.2) is 4.79 Å². The van der Waals surface area contributed by atoms with Crippen LogP contribution in [0, 0.1) is 0 Å². The first kappa shape index (κ1) is 12.2. The van der Waals surface area contributed by atoms with Gasteiger partial charge in [0.1, 0.15) is 0 Å². The van der Waals surface area contributed by atoms with Gasteiger partial charge in [0.05, 0.1) is 11.4 Å². The van der Waals surface area contributed by atoms with Gasteiger partial charge in [-0.3, -0.25) is 4.90 Å². The molecule has 1 aromatic carbocycles. The number of anilines is 2. The van der Waals surface area contributed by atoms with E-state index < -0.39 is 11.6 Å². The predicted molar refractivity (Wildman–Crippen MR) is 62.8 cm³/mol. The number of carboxylic acid groups (broad SMARTS) is 1. The minimum atomic E-state index is -1.13. The summed E-state index contributed by atoms with van der Waals surface area (Å²) in [5.74, 6) is -0.208. The van der Waals surface area contributed by atoms with E-state index in [1.165, 1.54) is 12.1 Å². The maximum atomic E-state index is 11.2. The van der Waals surface area contributed by atoms with E-state index in [-0.39, 0.29) is 17.1 Å². The van der Waals surface area contributed by atoms with E-state index in [9.17, 15) is 9.90 Å². The number of benzene rings is 1. The monoisotopic (exact) mass is 224 g/mol. The molecule has 4 N–H and O–H groups in total. The SMILES string of the molecule is CC(C)(C)N(C(=O)O)c1cccc(N)c1O. The van der Waals surface area contributed by atoms with E-state index >= 15 is 0 Å². The van der Waals surface area contributed by atoms with E-state index in [0.29, 0.717) is 0 Å². The second-order valence-corrected chi connectivity index (χ2v) is 4.50. The maximum absolute atomic E-state index is 11.2. The van der Waals surface area contributed by atoms with Crippen molar-refractivity contribution < 1.29 is 15.0 Å². The van der Waals surface area contributed by atoms with Crippen LogP contribution in [0.2, 0.25) is 0 Å². The van der Waals surface area contributed by atoms with Crippen LogP contribution in [0.4, 0.5) is 16.2 Å². The summed E-state index contributed by atoms with van der Waals surface area (Å²) in [6.07, 6.45) is -1.13. The molecule has 0 spiro atoms. The van der Waals surface area contributed by atoms with E-state index in [4.69, 9.17) is 10.8 Å². The summed E-state index contributed by atoms with van der Waals surface area (Å²) in [5, 5.41) is 18.9. The van der Waals surface area contributed by atoms with Gasteiger partial charge in [0.25, 0.3) is 0 Å². The van der Waals surface area contributed by atoms with E-state index in [0.717, 1.165) is 4.90 Å². The number of amides is 1. The number of aromatic hydroxyl groups is 1. The Bertz CT molecular complexity index is 410. The molecule has 5 heteroatoms. The number of phenolic OH excluding ortho intramolecular Hbond substituents is 1. The van der Waals surface area contributed by atoms with Crippen molar-refractivity contribution in [2.75, 3.05) is 10.6 Å². The first-order valence-corrected chi connectivity index (χ1v) is 4.85. The summed E-state index contributed by atoms with van der Waals surface area (Å²) in [6.45, 7) is 5.22. The van der Waals surface area contributed by atoms with Crippen LogP contribution in [0.3, 0.4) is 0 Å². The highest BCUT2D eigenvalue weighted by molar-refractivity contribution is 5.91. The third kappa shape index (κ3) is 2.18. The number of nitrogens with zero attached hydrogens (tertiary/aromatic N) is 1. The summed E-state index contributed by atoms with van der Waals surface area (Å²) in [4.78, 5) is 12.3. The Balaban J connectivity index is 3.33. The normalized spacial score (nSPS) is 11.2. The quantitative estimate of drug-likeness (QED) is 0.504. The van der Waals surface area contributed by atoms with Crippen molar-refractivity contribution >= 4 is 17.5 Å². The van der Waals surface area contributed by atoms with Gasteiger partial charge in [-0.2, -0.15) is 0 Å². The highest BCUT2D eigenvalue weighted by Crippen LogP contribution is 2.36. The molecule has 0 aliphatic carbocycles. The molecular weight excluding hydrogens is 208 g/mol. The summed E-state index contributed by atoms with van der Waals surface area (Å²) in [5.41, 5.74) is 5.23. The molecule has 0 heterocycles. The minimum Gasteiger partial charge on any atom is -0.504 e. The molecule has 1 rings (SSSR count). The Morgan fingerprint density at radius 3 is 2.38 bits per heavy atom. The number of rotatable bonds is 1. The molecule has 0 aliphatic rings. The lowest BCUT2D eigenvalue weighted by molar-refractivity contribution is 0.195. The Morgan fingerprint density at radius 2 is 1.94 bits per heavy atom. The molecule has 0 unspecified atom stereocenters. The van der Waals surface area contributed by atoms with Gasteiger partial charge in [0.2, 0.25) is 0 Å². The Hall–Kier alpha value is -1.91. The third-order valence-electron chi connectivity index (χ3n) is 2.15. The minimum absolute atomic E-state index is 0.160. The van der Waals surface area contributed by atoms with Crippen molar-refractivity contribution in [3.63, 3.8) is 0 Å². The van der Waals surface area contributed by atoms with Crippen LogP contribution in [0.15, 0.2) is 18.2 Å². The second kappa shape index (κ2) is 3.92. The molecule has 0 radical (unpaired) electrons. The molecule has 0 saturated heterocycles. The molecule has 1 amide bonds. The topological polar surface area (TPSA) is 86.8 Å². The van der Waals surface area contributed by atoms with E-state index in [2.05, 4.69) is 0 Å². The van der Waals surface area contributed by atoms with Crippen LogP contribution in [-0.4, -0.2) is 21.8 Å². The van der Waals surface area contributed by atoms with Gasteiger partial charge >= 0.3 is 6.09 Å². The standard InChI is InChI=1S/C11H16N2O3/c1-11(2,3)13(10(15)16)8-6-4-5-7(12)9(8)14/h4-6,14H,12H2,1-3H3,(H,15,16). The molecule has 0 saturated carbocycles. The highest BCUT2D eigenvalue weighted by atomic mass is 16.4. The Kier molecular flexibility index (Phi) is 2.98. The average Bonchev–Trinajstić information content (AvgIpc) is 2.09. The summed E-state index contributed by atoms with van der Waals surface area (Å²) in [6, 6.07) is 4.64. The number of para-hydroxylation sites is 1.